The van der Waals surface area contributed by atoms with Gasteiger partial charge in [0.1, 0.15) is 6.10 Å². The fraction of sp³-hybridized carbons (Fsp3) is 0.364. The molecule has 0 saturated carbocycles. The first-order chi connectivity index (χ1) is 6.50. The van der Waals surface area contributed by atoms with Gasteiger partial charge in [-0.2, -0.15) is 0 Å². The second-order valence-corrected chi connectivity index (χ2v) is 3.48. The SMILES string of the molecule is Cc1ccc(C)c(NC(=O)C(C)O)c1. The lowest BCUT2D eigenvalue weighted by Crippen LogP contribution is -2.24. The maximum atomic E-state index is 11.2. The van der Waals surface area contributed by atoms with Crippen LogP contribution >= 0.6 is 0 Å². The van der Waals surface area contributed by atoms with Crippen molar-refractivity contribution in [3.63, 3.8) is 0 Å². The molecular weight excluding hydrogens is 178 g/mol. The predicted molar refractivity (Wildman–Crippen MR) is 56.2 cm³/mol. The van der Waals surface area contributed by atoms with Gasteiger partial charge in [-0.3, -0.25) is 4.79 Å². The van der Waals surface area contributed by atoms with Crippen LogP contribution in [-0.2, 0) is 4.79 Å². The maximum absolute atomic E-state index is 11.2. The highest BCUT2D eigenvalue weighted by atomic mass is 16.3. The van der Waals surface area contributed by atoms with E-state index in [1.165, 1.54) is 6.92 Å². The van der Waals surface area contributed by atoms with Crippen LogP contribution in [-0.4, -0.2) is 17.1 Å². The van der Waals surface area contributed by atoms with E-state index in [0.29, 0.717) is 0 Å². The highest BCUT2D eigenvalue weighted by Gasteiger charge is 2.09. The number of carbonyl (C=O) groups excluding carboxylic acids is 1. The van der Waals surface area contributed by atoms with E-state index in [9.17, 15) is 4.79 Å². The van der Waals surface area contributed by atoms with Crippen molar-refractivity contribution in [3.8, 4) is 0 Å². The van der Waals surface area contributed by atoms with Crippen molar-refractivity contribution in [1.29, 1.82) is 0 Å². The second kappa shape index (κ2) is 4.24. The van der Waals surface area contributed by atoms with Gasteiger partial charge in [0, 0.05) is 5.69 Å². The summed E-state index contributed by atoms with van der Waals surface area (Å²) in [5, 5.41) is 11.7. The molecule has 1 rings (SSSR count). The summed E-state index contributed by atoms with van der Waals surface area (Å²) in [6, 6.07) is 5.80. The van der Waals surface area contributed by atoms with E-state index >= 15 is 0 Å². The number of carbonyl (C=O) groups is 1. The Labute approximate surface area is 83.8 Å². The van der Waals surface area contributed by atoms with Gasteiger partial charge in [-0.25, -0.2) is 0 Å². The van der Waals surface area contributed by atoms with E-state index in [2.05, 4.69) is 5.32 Å². The summed E-state index contributed by atoms with van der Waals surface area (Å²) in [4.78, 5) is 11.2. The fourth-order valence-corrected chi connectivity index (χ4v) is 1.11. The average molecular weight is 193 g/mol. The van der Waals surface area contributed by atoms with Crippen LogP contribution in [0.25, 0.3) is 0 Å². The Balaban J connectivity index is 2.86. The summed E-state index contributed by atoms with van der Waals surface area (Å²) < 4.78 is 0. The van der Waals surface area contributed by atoms with E-state index in [1.54, 1.807) is 0 Å². The molecule has 0 spiro atoms. The number of hydrogen-bond donors (Lipinski definition) is 2. The molecule has 0 bridgehead atoms. The van der Waals surface area contributed by atoms with E-state index in [0.717, 1.165) is 16.8 Å². The van der Waals surface area contributed by atoms with Crippen LogP contribution in [0.4, 0.5) is 5.69 Å². The fourth-order valence-electron chi connectivity index (χ4n) is 1.11. The Morgan fingerprint density at radius 2 is 2.07 bits per heavy atom. The Hall–Kier alpha value is -1.35. The summed E-state index contributed by atoms with van der Waals surface area (Å²) in [6.07, 6.45) is -0.977. The minimum absolute atomic E-state index is 0.376. The van der Waals surface area contributed by atoms with Crippen molar-refractivity contribution >= 4 is 11.6 Å². The van der Waals surface area contributed by atoms with Gasteiger partial charge in [0.2, 0.25) is 0 Å². The molecule has 3 nitrogen and oxygen atoms in total. The number of aliphatic hydroxyl groups is 1. The van der Waals surface area contributed by atoms with Gasteiger partial charge in [-0.15, -0.1) is 0 Å². The van der Waals surface area contributed by atoms with Gasteiger partial charge in [-0.05, 0) is 38.0 Å². The third-order valence-corrected chi connectivity index (χ3v) is 2.03. The number of hydrogen-bond acceptors (Lipinski definition) is 2. The molecule has 0 aliphatic heterocycles. The third kappa shape index (κ3) is 2.57. The van der Waals surface area contributed by atoms with E-state index in [4.69, 9.17) is 5.11 Å². The van der Waals surface area contributed by atoms with E-state index < -0.39 is 6.10 Å². The monoisotopic (exact) mass is 193 g/mol. The Kier molecular flexibility index (Phi) is 3.25. The zero-order valence-electron chi connectivity index (χ0n) is 8.66. The van der Waals surface area contributed by atoms with Crippen molar-refractivity contribution in [3.05, 3.63) is 29.3 Å². The predicted octanol–water partition coefficient (Wildman–Crippen LogP) is 1.62. The Morgan fingerprint density at radius 1 is 1.43 bits per heavy atom. The number of aryl methyl sites for hydroxylation is 2. The quantitative estimate of drug-likeness (QED) is 0.749. The highest BCUT2D eigenvalue weighted by molar-refractivity contribution is 5.94. The Bertz CT molecular complexity index is 345. The van der Waals surface area contributed by atoms with Gasteiger partial charge in [0.05, 0.1) is 0 Å². The molecule has 1 aromatic carbocycles. The van der Waals surface area contributed by atoms with Crippen LogP contribution in [0.3, 0.4) is 0 Å². The standard InChI is InChI=1S/C11H15NO2/c1-7-4-5-8(2)10(6-7)12-11(14)9(3)13/h4-6,9,13H,1-3H3,(H,12,14). The maximum Gasteiger partial charge on any atom is 0.252 e. The topological polar surface area (TPSA) is 49.3 Å². The normalized spacial score (nSPS) is 12.3. The summed E-state index contributed by atoms with van der Waals surface area (Å²) in [5.41, 5.74) is 2.83. The number of amides is 1. The number of nitrogens with one attached hydrogen (secondary N) is 1. The molecule has 14 heavy (non-hydrogen) atoms. The first-order valence-electron chi connectivity index (χ1n) is 4.57. The molecule has 0 fully saturated rings. The van der Waals surface area contributed by atoms with Gasteiger partial charge in [0.25, 0.3) is 5.91 Å². The summed E-state index contributed by atoms with van der Waals surface area (Å²) >= 11 is 0. The van der Waals surface area contributed by atoms with Gasteiger partial charge < -0.3 is 10.4 Å². The summed E-state index contributed by atoms with van der Waals surface area (Å²) in [7, 11) is 0. The zero-order chi connectivity index (χ0) is 10.7. The number of aliphatic hydroxyl groups excluding tert-OH is 1. The van der Waals surface area contributed by atoms with Crippen LogP contribution in [0, 0.1) is 13.8 Å². The molecule has 2 N–H and O–H groups in total. The zero-order valence-corrected chi connectivity index (χ0v) is 8.66. The summed E-state index contributed by atoms with van der Waals surface area (Å²) in [6.45, 7) is 5.31. The van der Waals surface area contributed by atoms with E-state index in [1.807, 2.05) is 32.0 Å². The molecule has 3 heteroatoms. The van der Waals surface area contributed by atoms with Crippen LogP contribution < -0.4 is 5.32 Å². The molecule has 0 aromatic heterocycles. The third-order valence-electron chi connectivity index (χ3n) is 2.03. The molecule has 1 atom stereocenters. The largest absolute Gasteiger partial charge is 0.384 e. The van der Waals surface area contributed by atoms with Crippen molar-refractivity contribution in [2.24, 2.45) is 0 Å². The molecular formula is C11H15NO2. The van der Waals surface area contributed by atoms with Gasteiger partial charge in [-0.1, -0.05) is 12.1 Å². The van der Waals surface area contributed by atoms with Crippen LogP contribution in [0.5, 0.6) is 0 Å². The lowest BCUT2D eigenvalue weighted by Gasteiger charge is -2.10. The van der Waals surface area contributed by atoms with Gasteiger partial charge >= 0.3 is 0 Å². The number of benzene rings is 1. The van der Waals surface area contributed by atoms with Crippen molar-refractivity contribution in [2.75, 3.05) is 5.32 Å². The molecule has 0 saturated heterocycles. The van der Waals surface area contributed by atoms with Gasteiger partial charge in [0.15, 0.2) is 0 Å². The molecule has 0 heterocycles. The highest BCUT2D eigenvalue weighted by Crippen LogP contribution is 2.16. The first-order valence-corrected chi connectivity index (χ1v) is 4.57. The minimum atomic E-state index is -0.977. The lowest BCUT2D eigenvalue weighted by atomic mass is 10.1. The van der Waals surface area contributed by atoms with Crippen LogP contribution in [0.2, 0.25) is 0 Å². The summed E-state index contributed by atoms with van der Waals surface area (Å²) in [5.74, 6) is -0.376. The number of rotatable bonds is 2. The Morgan fingerprint density at radius 3 is 2.64 bits per heavy atom. The molecule has 1 amide bonds. The molecule has 1 unspecified atom stereocenters. The molecule has 76 valence electrons. The minimum Gasteiger partial charge on any atom is -0.384 e. The van der Waals surface area contributed by atoms with Crippen molar-refractivity contribution < 1.29 is 9.90 Å². The first kappa shape index (κ1) is 10.7. The molecule has 0 aliphatic carbocycles. The van der Waals surface area contributed by atoms with Crippen LogP contribution in [0.1, 0.15) is 18.1 Å². The van der Waals surface area contributed by atoms with Crippen LogP contribution in [0.15, 0.2) is 18.2 Å². The van der Waals surface area contributed by atoms with E-state index in [-0.39, 0.29) is 5.91 Å². The van der Waals surface area contributed by atoms with Crippen molar-refractivity contribution in [2.45, 2.75) is 26.9 Å². The second-order valence-electron chi connectivity index (χ2n) is 3.48. The smallest absolute Gasteiger partial charge is 0.252 e. The molecule has 0 aliphatic rings. The van der Waals surface area contributed by atoms with Crippen molar-refractivity contribution in [1.82, 2.24) is 0 Å². The molecule has 0 radical (unpaired) electrons. The lowest BCUT2D eigenvalue weighted by molar-refractivity contribution is -0.123. The number of anilines is 1. The average Bonchev–Trinajstić information content (AvgIpc) is 2.11. The molecule has 1 aromatic rings.